The Balaban J connectivity index is 1.89. The minimum atomic E-state index is -0.522. The van der Waals surface area contributed by atoms with E-state index in [1.54, 1.807) is 0 Å². The molecule has 0 saturated carbocycles. The van der Waals surface area contributed by atoms with Crippen LogP contribution in [-0.2, 0) is 11.3 Å². The summed E-state index contributed by atoms with van der Waals surface area (Å²) >= 11 is 0. The predicted octanol–water partition coefficient (Wildman–Crippen LogP) is 3.03. The average molecular weight is 315 g/mol. The van der Waals surface area contributed by atoms with Gasteiger partial charge in [-0.2, -0.15) is 0 Å². The number of carbonyl (C=O) groups is 2. The molecule has 0 spiro atoms. The lowest BCUT2D eigenvalue weighted by Crippen LogP contribution is -2.28. The predicted molar refractivity (Wildman–Crippen MR) is 84.9 cm³/mol. The van der Waals surface area contributed by atoms with E-state index in [1.165, 1.54) is 19.1 Å². The summed E-state index contributed by atoms with van der Waals surface area (Å²) in [7, 11) is 0. The number of amides is 1. The van der Waals surface area contributed by atoms with Crippen molar-refractivity contribution in [3.8, 4) is 5.75 Å². The summed E-state index contributed by atoms with van der Waals surface area (Å²) < 4.78 is 18.5. The molecular formula is C18H18FNO3. The molecule has 0 bridgehead atoms. The van der Waals surface area contributed by atoms with Gasteiger partial charge in [0.15, 0.2) is 12.4 Å². The van der Waals surface area contributed by atoms with Crippen LogP contribution < -0.4 is 10.1 Å². The SMILES string of the molecule is CC(=O)c1cc(F)ccc1OCC(=O)NCc1ccc(C)cc1. The number of benzene rings is 2. The van der Waals surface area contributed by atoms with E-state index in [0.29, 0.717) is 6.54 Å². The lowest BCUT2D eigenvalue weighted by molar-refractivity contribution is -0.123. The molecule has 4 nitrogen and oxygen atoms in total. The number of rotatable bonds is 6. The Kier molecular flexibility index (Phi) is 5.46. The van der Waals surface area contributed by atoms with Crippen molar-refractivity contribution in [3.63, 3.8) is 0 Å². The van der Waals surface area contributed by atoms with Crippen LogP contribution in [0.15, 0.2) is 42.5 Å². The third-order valence-corrected chi connectivity index (χ3v) is 3.29. The fourth-order valence-electron chi connectivity index (χ4n) is 2.00. The molecule has 0 aliphatic rings. The van der Waals surface area contributed by atoms with Gasteiger partial charge >= 0.3 is 0 Å². The molecule has 23 heavy (non-hydrogen) atoms. The molecule has 1 N–H and O–H groups in total. The van der Waals surface area contributed by atoms with Crippen molar-refractivity contribution >= 4 is 11.7 Å². The van der Waals surface area contributed by atoms with Crippen LogP contribution in [0.1, 0.15) is 28.4 Å². The Labute approximate surface area is 134 Å². The molecule has 0 unspecified atom stereocenters. The zero-order valence-electron chi connectivity index (χ0n) is 13.1. The van der Waals surface area contributed by atoms with Gasteiger partial charge in [0.25, 0.3) is 5.91 Å². The van der Waals surface area contributed by atoms with Crippen LogP contribution in [0.2, 0.25) is 0 Å². The molecule has 0 aromatic heterocycles. The highest BCUT2D eigenvalue weighted by Gasteiger charge is 2.11. The van der Waals surface area contributed by atoms with Gasteiger partial charge in [0.1, 0.15) is 11.6 Å². The van der Waals surface area contributed by atoms with Crippen LogP contribution >= 0.6 is 0 Å². The van der Waals surface area contributed by atoms with Crippen LogP contribution in [0.4, 0.5) is 4.39 Å². The van der Waals surface area contributed by atoms with Crippen LogP contribution in [-0.4, -0.2) is 18.3 Å². The van der Waals surface area contributed by atoms with E-state index in [-0.39, 0.29) is 29.6 Å². The molecule has 0 aliphatic heterocycles. The minimum Gasteiger partial charge on any atom is -0.483 e. The maximum absolute atomic E-state index is 13.2. The van der Waals surface area contributed by atoms with Gasteiger partial charge in [-0.3, -0.25) is 9.59 Å². The number of hydrogen-bond donors (Lipinski definition) is 1. The fourth-order valence-corrected chi connectivity index (χ4v) is 2.00. The lowest BCUT2D eigenvalue weighted by Gasteiger charge is -2.10. The van der Waals surface area contributed by atoms with E-state index in [9.17, 15) is 14.0 Å². The van der Waals surface area contributed by atoms with Gasteiger partial charge in [0, 0.05) is 6.54 Å². The number of ether oxygens (including phenoxy) is 1. The summed E-state index contributed by atoms with van der Waals surface area (Å²) in [5.74, 6) is -0.959. The molecule has 0 atom stereocenters. The van der Waals surface area contributed by atoms with Gasteiger partial charge in [-0.05, 0) is 37.6 Å². The Bertz CT molecular complexity index is 711. The van der Waals surface area contributed by atoms with E-state index >= 15 is 0 Å². The minimum absolute atomic E-state index is 0.122. The Morgan fingerprint density at radius 1 is 1.13 bits per heavy atom. The molecule has 0 fully saturated rings. The maximum atomic E-state index is 13.2. The van der Waals surface area contributed by atoms with Crippen LogP contribution in [0.25, 0.3) is 0 Å². The molecule has 0 aliphatic carbocycles. The first-order valence-electron chi connectivity index (χ1n) is 7.21. The van der Waals surface area contributed by atoms with Crippen molar-refractivity contribution in [2.45, 2.75) is 20.4 Å². The summed E-state index contributed by atoms with van der Waals surface area (Å²) in [6.45, 7) is 3.47. The molecule has 0 radical (unpaired) electrons. The average Bonchev–Trinajstić information content (AvgIpc) is 2.53. The van der Waals surface area contributed by atoms with Crippen molar-refractivity contribution in [1.82, 2.24) is 5.32 Å². The molecule has 0 saturated heterocycles. The zero-order valence-corrected chi connectivity index (χ0v) is 13.1. The van der Waals surface area contributed by atoms with E-state index in [1.807, 2.05) is 31.2 Å². The Morgan fingerprint density at radius 2 is 1.83 bits per heavy atom. The Morgan fingerprint density at radius 3 is 2.48 bits per heavy atom. The van der Waals surface area contributed by atoms with Crippen molar-refractivity contribution in [1.29, 1.82) is 0 Å². The summed E-state index contributed by atoms with van der Waals surface area (Å²) in [5.41, 5.74) is 2.25. The van der Waals surface area contributed by atoms with Crippen LogP contribution in [0.5, 0.6) is 5.75 Å². The van der Waals surface area contributed by atoms with Gasteiger partial charge in [0.05, 0.1) is 5.56 Å². The van der Waals surface area contributed by atoms with Crippen LogP contribution in [0.3, 0.4) is 0 Å². The highest BCUT2D eigenvalue weighted by atomic mass is 19.1. The lowest BCUT2D eigenvalue weighted by atomic mass is 10.1. The topological polar surface area (TPSA) is 55.4 Å². The third kappa shape index (κ3) is 4.92. The second-order valence-corrected chi connectivity index (χ2v) is 5.25. The number of Topliss-reactive ketones (excluding diaryl/α,β-unsaturated/α-hetero) is 1. The molecule has 2 rings (SSSR count). The second-order valence-electron chi connectivity index (χ2n) is 5.25. The normalized spacial score (nSPS) is 10.2. The fraction of sp³-hybridized carbons (Fsp3) is 0.222. The van der Waals surface area contributed by atoms with Gasteiger partial charge in [-0.15, -0.1) is 0 Å². The number of halogens is 1. The first-order valence-corrected chi connectivity index (χ1v) is 7.21. The summed E-state index contributed by atoms with van der Waals surface area (Å²) in [5, 5.41) is 2.73. The molecular weight excluding hydrogens is 297 g/mol. The molecule has 0 heterocycles. The van der Waals surface area contributed by atoms with Gasteiger partial charge in [-0.1, -0.05) is 29.8 Å². The molecule has 5 heteroatoms. The first-order chi connectivity index (χ1) is 11.0. The molecule has 2 aromatic carbocycles. The zero-order chi connectivity index (χ0) is 16.8. The Hall–Kier alpha value is -2.69. The van der Waals surface area contributed by atoms with E-state index in [4.69, 9.17) is 4.74 Å². The summed E-state index contributed by atoms with van der Waals surface area (Å²) in [6.07, 6.45) is 0. The smallest absolute Gasteiger partial charge is 0.258 e. The van der Waals surface area contributed by atoms with Crippen molar-refractivity contribution in [2.24, 2.45) is 0 Å². The molecule has 120 valence electrons. The number of ketones is 1. The number of hydrogen-bond acceptors (Lipinski definition) is 3. The van der Waals surface area contributed by atoms with Crippen LogP contribution in [0, 0.1) is 12.7 Å². The third-order valence-electron chi connectivity index (χ3n) is 3.29. The number of carbonyl (C=O) groups excluding carboxylic acids is 2. The number of aryl methyl sites for hydroxylation is 1. The summed E-state index contributed by atoms with van der Waals surface area (Å²) in [4.78, 5) is 23.3. The quantitative estimate of drug-likeness (QED) is 0.834. The monoisotopic (exact) mass is 315 g/mol. The molecule has 1 amide bonds. The van der Waals surface area contributed by atoms with E-state index in [2.05, 4.69) is 5.32 Å². The standard InChI is InChI=1S/C18H18FNO3/c1-12-3-5-14(6-4-12)10-20-18(22)11-23-17-8-7-15(19)9-16(17)13(2)21/h3-9H,10-11H2,1-2H3,(H,20,22). The van der Waals surface area contributed by atoms with Gasteiger partial charge in [0.2, 0.25) is 0 Å². The number of nitrogens with one attached hydrogen (secondary N) is 1. The van der Waals surface area contributed by atoms with E-state index < -0.39 is 5.82 Å². The van der Waals surface area contributed by atoms with E-state index in [0.717, 1.165) is 17.2 Å². The summed E-state index contributed by atoms with van der Waals surface area (Å²) in [6, 6.07) is 11.4. The van der Waals surface area contributed by atoms with Gasteiger partial charge < -0.3 is 10.1 Å². The first kappa shape index (κ1) is 16.7. The van der Waals surface area contributed by atoms with Crippen molar-refractivity contribution in [2.75, 3.05) is 6.61 Å². The van der Waals surface area contributed by atoms with Crippen molar-refractivity contribution < 1.29 is 18.7 Å². The second kappa shape index (κ2) is 7.54. The largest absolute Gasteiger partial charge is 0.483 e. The highest BCUT2D eigenvalue weighted by molar-refractivity contribution is 5.96. The molecule has 2 aromatic rings. The highest BCUT2D eigenvalue weighted by Crippen LogP contribution is 2.20. The van der Waals surface area contributed by atoms with Gasteiger partial charge in [-0.25, -0.2) is 4.39 Å². The van der Waals surface area contributed by atoms with Crippen molar-refractivity contribution in [3.05, 3.63) is 65.0 Å². The maximum Gasteiger partial charge on any atom is 0.258 e.